The van der Waals surface area contributed by atoms with Gasteiger partial charge in [-0.1, -0.05) is 56.0 Å². The number of fused-ring (bicyclic) bond motifs is 7. The fourth-order valence-corrected chi connectivity index (χ4v) is 5.64. The van der Waals surface area contributed by atoms with Crippen LogP contribution in [0.15, 0.2) is 79.8 Å². The Morgan fingerprint density at radius 3 is 2.97 bits per heavy atom. The highest BCUT2D eigenvalue weighted by Gasteiger charge is 2.42. The highest BCUT2D eigenvalue weighted by Crippen LogP contribution is 2.49. The van der Waals surface area contributed by atoms with Gasteiger partial charge in [0.25, 0.3) is 0 Å². The van der Waals surface area contributed by atoms with E-state index < -0.39 is 0 Å². The van der Waals surface area contributed by atoms with Crippen molar-refractivity contribution in [1.82, 2.24) is 24.8 Å². The number of nitrogens with two attached hydrogens (primary N) is 1. The molecule has 1 aromatic carbocycles. The van der Waals surface area contributed by atoms with Gasteiger partial charge in [0.15, 0.2) is 0 Å². The van der Waals surface area contributed by atoms with E-state index in [1.807, 2.05) is 24.4 Å². The predicted molar refractivity (Wildman–Crippen MR) is 139 cm³/mol. The summed E-state index contributed by atoms with van der Waals surface area (Å²) in [6.07, 6.45) is 14.2. The molecule has 35 heavy (non-hydrogen) atoms. The van der Waals surface area contributed by atoms with Gasteiger partial charge in [-0.05, 0) is 24.6 Å². The number of benzene rings is 1. The number of carbonyl (C=O) groups is 1. The van der Waals surface area contributed by atoms with E-state index in [1.54, 1.807) is 0 Å². The number of aromatic nitrogens is 4. The Bertz CT molecular complexity index is 1560. The van der Waals surface area contributed by atoms with Crippen LogP contribution in [0.4, 0.5) is 5.82 Å². The fourth-order valence-electron chi connectivity index (χ4n) is 5.64. The Hall–Kier alpha value is -4.26. The average Bonchev–Trinajstić information content (AvgIpc) is 2.98. The Kier molecular flexibility index (Phi) is 4.81. The molecule has 1 amide bonds. The number of nitrogen functional groups attached to an aromatic ring is 1. The Balaban J connectivity index is 1.66. The molecule has 0 radical (unpaired) electrons. The van der Waals surface area contributed by atoms with Crippen LogP contribution in [0.1, 0.15) is 25.0 Å². The van der Waals surface area contributed by atoms with Crippen molar-refractivity contribution in [2.24, 2.45) is 5.41 Å². The highest BCUT2D eigenvalue weighted by molar-refractivity contribution is 6.04. The van der Waals surface area contributed by atoms with Gasteiger partial charge in [0.1, 0.15) is 17.8 Å². The van der Waals surface area contributed by atoms with Crippen molar-refractivity contribution in [2.45, 2.75) is 31.8 Å². The number of nitrogens with zero attached hydrogens (tertiary/aromatic N) is 4. The summed E-state index contributed by atoms with van der Waals surface area (Å²) >= 11 is 0. The normalized spacial score (nSPS) is 23.0. The Labute approximate surface area is 203 Å². The number of hydrogen-bond donors (Lipinski definition) is 2. The van der Waals surface area contributed by atoms with Gasteiger partial charge in [0.05, 0.1) is 16.9 Å². The molecule has 0 saturated carbocycles. The number of rotatable bonds is 3. The van der Waals surface area contributed by atoms with Crippen molar-refractivity contribution in [2.75, 3.05) is 5.73 Å². The lowest BCUT2D eigenvalue weighted by atomic mass is 9.75. The number of allylic oxidation sites excluding steroid dienone is 3. The van der Waals surface area contributed by atoms with E-state index in [0.29, 0.717) is 12.4 Å². The maximum absolute atomic E-state index is 12.4. The zero-order valence-electron chi connectivity index (χ0n) is 19.5. The number of amides is 1. The summed E-state index contributed by atoms with van der Waals surface area (Å²) in [5.41, 5.74) is 11.0. The van der Waals surface area contributed by atoms with Gasteiger partial charge in [-0.25, -0.2) is 9.97 Å². The summed E-state index contributed by atoms with van der Waals surface area (Å²) in [5.74, 6) is 0.325. The minimum absolute atomic E-state index is 0.0794. The van der Waals surface area contributed by atoms with Crippen molar-refractivity contribution in [3.05, 3.63) is 85.5 Å². The van der Waals surface area contributed by atoms with Crippen LogP contribution in [-0.2, 0) is 11.3 Å². The van der Waals surface area contributed by atoms with Crippen molar-refractivity contribution in [3.63, 3.8) is 0 Å². The van der Waals surface area contributed by atoms with Crippen LogP contribution in [0.25, 0.3) is 33.1 Å². The molecule has 2 aliphatic rings. The molecule has 3 unspecified atom stereocenters. The van der Waals surface area contributed by atoms with Crippen molar-refractivity contribution in [1.29, 1.82) is 0 Å². The molecule has 6 rings (SSSR count). The largest absolute Gasteiger partial charge is 0.383 e. The molecule has 0 spiro atoms. The van der Waals surface area contributed by atoms with E-state index >= 15 is 0 Å². The quantitative estimate of drug-likeness (QED) is 0.436. The maximum Gasteiger partial charge on any atom is 0.243 e. The van der Waals surface area contributed by atoms with Crippen LogP contribution >= 0.6 is 0 Å². The zero-order chi connectivity index (χ0) is 24.2. The number of hydrogen-bond acceptors (Lipinski definition) is 5. The third kappa shape index (κ3) is 3.34. The van der Waals surface area contributed by atoms with Gasteiger partial charge in [0, 0.05) is 46.3 Å². The van der Waals surface area contributed by atoms with E-state index in [2.05, 4.69) is 69.8 Å². The first-order valence-corrected chi connectivity index (χ1v) is 11.8. The molecule has 3 atom stereocenters. The van der Waals surface area contributed by atoms with Crippen LogP contribution in [0, 0.1) is 5.41 Å². The first-order chi connectivity index (χ1) is 17.0. The molecule has 0 fully saturated rings. The monoisotopic (exact) mass is 462 g/mol. The molecule has 7 nitrogen and oxygen atoms in total. The first-order valence-electron chi connectivity index (χ1n) is 11.8. The predicted octanol–water partition coefficient (Wildman–Crippen LogP) is 4.52. The number of anilines is 1. The van der Waals surface area contributed by atoms with E-state index in [0.717, 1.165) is 45.2 Å². The van der Waals surface area contributed by atoms with Crippen molar-refractivity contribution in [3.8, 4) is 11.1 Å². The van der Waals surface area contributed by atoms with Crippen LogP contribution in [-0.4, -0.2) is 31.5 Å². The molecule has 1 aliphatic heterocycles. The van der Waals surface area contributed by atoms with Gasteiger partial charge < -0.3 is 15.6 Å². The van der Waals surface area contributed by atoms with Crippen LogP contribution < -0.4 is 11.1 Å². The van der Waals surface area contributed by atoms with Crippen molar-refractivity contribution >= 4 is 33.7 Å². The smallest absolute Gasteiger partial charge is 0.243 e. The van der Waals surface area contributed by atoms with E-state index in [4.69, 9.17) is 10.7 Å². The molecule has 174 valence electrons. The van der Waals surface area contributed by atoms with E-state index in [9.17, 15) is 4.79 Å². The summed E-state index contributed by atoms with van der Waals surface area (Å²) in [5, 5.41) is 5.06. The third-order valence-corrected chi connectivity index (χ3v) is 7.39. The zero-order valence-corrected chi connectivity index (χ0v) is 19.5. The van der Waals surface area contributed by atoms with E-state index in [-0.39, 0.29) is 23.3 Å². The van der Waals surface area contributed by atoms with Crippen LogP contribution in [0.2, 0.25) is 0 Å². The number of pyridine rings is 1. The first kappa shape index (κ1) is 21.3. The third-order valence-electron chi connectivity index (χ3n) is 7.39. The Morgan fingerprint density at radius 1 is 1.26 bits per heavy atom. The summed E-state index contributed by atoms with van der Waals surface area (Å²) < 4.78 is 2.21. The summed E-state index contributed by atoms with van der Waals surface area (Å²) in [4.78, 5) is 26.2. The molecule has 4 heterocycles. The van der Waals surface area contributed by atoms with Gasteiger partial charge in [0.2, 0.25) is 5.91 Å². The second-order valence-corrected chi connectivity index (χ2v) is 9.57. The maximum atomic E-state index is 12.4. The number of nitrogens with one attached hydrogen (secondary N) is 1. The van der Waals surface area contributed by atoms with Gasteiger partial charge in [-0.15, -0.1) is 0 Å². The molecule has 3 N–H and O–H groups in total. The van der Waals surface area contributed by atoms with Gasteiger partial charge >= 0.3 is 0 Å². The summed E-state index contributed by atoms with van der Waals surface area (Å²) in [6, 6.07) is 10.1. The SMILES string of the molecule is C=CC(=O)NC1Cn2c(c(-c3cnc4ccccc4c3)c3c(N)ncnc32)C2C=CC=CC1(C)C2. The van der Waals surface area contributed by atoms with E-state index in [1.165, 1.54) is 12.4 Å². The summed E-state index contributed by atoms with van der Waals surface area (Å²) in [7, 11) is 0. The molecular weight excluding hydrogens is 436 g/mol. The van der Waals surface area contributed by atoms with Crippen LogP contribution in [0.5, 0.6) is 0 Å². The lowest BCUT2D eigenvalue weighted by Crippen LogP contribution is -2.47. The molecule has 7 heteroatoms. The lowest BCUT2D eigenvalue weighted by molar-refractivity contribution is -0.117. The average molecular weight is 463 g/mol. The molecule has 3 aromatic heterocycles. The second-order valence-electron chi connectivity index (χ2n) is 9.57. The Morgan fingerprint density at radius 2 is 2.11 bits per heavy atom. The van der Waals surface area contributed by atoms with Gasteiger partial charge in [-0.2, -0.15) is 0 Å². The molecular formula is C28H26N6O. The summed E-state index contributed by atoms with van der Waals surface area (Å²) in [6.45, 7) is 6.40. The van der Waals surface area contributed by atoms with Gasteiger partial charge in [-0.3, -0.25) is 9.78 Å². The minimum Gasteiger partial charge on any atom is -0.383 e. The highest BCUT2D eigenvalue weighted by atomic mass is 16.1. The lowest BCUT2D eigenvalue weighted by Gasteiger charge is -2.34. The number of para-hydroxylation sites is 1. The number of carbonyl (C=O) groups excluding carboxylic acids is 1. The molecule has 0 saturated heterocycles. The topological polar surface area (TPSA) is 98.7 Å². The van der Waals surface area contributed by atoms with Crippen LogP contribution in [0.3, 0.4) is 0 Å². The second kappa shape index (κ2) is 7.91. The molecule has 4 aromatic rings. The molecule has 1 aliphatic carbocycles. The standard InChI is InChI=1S/C28H26N6O/c1-3-22(35)33-21-15-34-25(18-9-6-7-11-28(21,2)13-18)23(24-26(29)31-16-32-27(24)34)19-12-17-8-4-5-10-20(17)30-14-19/h3-12,14,16,18,21H,1,13,15H2,2H3,(H,33,35)(H2,29,31,32). The minimum atomic E-state index is -0.268. The fraction of sp³-hybridized carbons (Fsp3) is 0.214. The van der Waals surface area contributed by atoms with Crippen molar-refractivity contribution < 1.29 is 4.79 Å². The molecule has 2 bridgehead atoms.